The van der Waals surface area contributed by atoms with E-state index in [4.69, 9.17) is 0 Å². The van der Waals surface area contributed by atoms with Gasteiger partial charge in [0.1, 0.15) is 0 Å². The van der Waals surface area contributed by atoms with Crippen LogP contribution in [0, 0.1) is 0 Å². The van der Waals surface area contributed by atoms with Crippen molar-refractivity contribution in [1.82, 2.24) is 20.0 Å². The molecule has 0 spiro atoms. The minimum atomic E-state index is 0.751. The van der Waals surface area contributed by atoms with Gasteiger partial charge in [0.05, 0.1) is 17.9 Å². The summed E-state index contributed by atoms with van der Waals surface area (Å²) in [6, 6.07) is 24.8. The summed E-state index contributed by atoms with van der Waals surface area (Å²) >= 11 is 0. The third-order valence-electron chi connectivity index (χ3n) is 4.34. The van der Waals surface area contributed by atoms with Gasteiger partial charge < -0.3 is 0 Å². The Labute approximate surface area is 153 Å². The molecule has 0 aliphatic rings. The summed E-state index contributed by atoms with van der Waals surface area (Å²) < 4.78 is 1.90. The summed E-state index contributed by atoms with van der Waals surface area (Å²) in [4.78, 5) is 4.48. The van der Waals surface area contributed by atoms with Gasteiger partial charge in [0, 0.05) is 18.0 Å². The molecule has 4 nitrogen and oxygen atoms in total. The van der Waals surface area contributed by atoms with Gasteiger partial charge in [0.25, 0.3) is 0 Å². The first-order chi connectivity index (χ1) is 12.9. The highest BCUT2D eigenvalue weighted by Gasteiger charge is 2.04. The topological polar surface area (TPSA) is 43.6 Å². The molecule has 2 heterocycles. The number of rotatable bonds is 6. The zero-order valence-corrected chi connectivity index (χ0v) is 14.5. The Hall–Kier alpha value is -3.27. The predicted molar refractivity (Wildman–Crippen MR) is 103 cm³/mol. The molecule has 0 radical (unpaired) electrons. The molecule has 0 saturated heterocycles. The smallest absolute Gasteiger partial charge is 0.0830 e. The van der Waals surface area contributed by atoms with Crippen LogP contribution in [0.2, 0.25) is 0 Å². The zero-order chi connectivity index (χ0) is 17.6. The van der Waals surface area contributed by atoms with Crippen LogP contribution < -0.4 is 0 Å². The average Bonchev–Trinajstić information content (AvgIpc) is 3.15. The van der Waals surface area contributed by atoms with Gasteiger partial charge in [-0.15, -0.1) is 5.10 Å². The monoisotopic (exact) mass is 340 g/mol. The number of hydrogen-bond acceptors (Lipinski definition) is 3. The summed E-state index contributed by atoms with van der Waals surface area (Å²) in [6.07, 6.45) is 5.70. The van der Waals surface area contributed by atoms with Crippen LogP contribution in [0.4, 0.5) is 0 Å². The summed E-state index contributed by atoms with van der Waals surface area (Å²) in [5.41, 5.74) is 5.65. The molecule has 0 unspecified atom stereocenters. The number of aryl methyl sites for hydroxylation is 2. The van der Waals surface area contributed by atoms with Crippen LogP contribution in [0.25, 0.3) is 11.3 Å². The van der Waals surface area contributed by atoms with E-state index in [9.17, 15) is 0 Å². The van der Waals surface area contributed by atoms with Crippen molar-refractivity contribution in [2.45, 2.75) is 19.4 Å². The Morgan fingerprint density at radius 2 is 1.54 bits per heavy atom. The molecule has 0 aliphatic carbocycles. The highest BCUT2D eigenvalue weighted by Crippen LogP contribution is 2.18. The number of hydrogen-bond donors (Lipinski definition) is 0. The van der Waals surface area contributed by atoms with E-state index < -0.39 is 0 Å². The van der Waals surface area contributed by atoms with Gasteiger partial charge in [-0.3, -0.25) is 4.98 Å². The molecule has 4 aromatic rings. The molecule has 2 aromatic heterocycles. The Balaban J connectivity index is 1.40. The summed E-state index contributed by atoms with van der Waals surface area (Å²) in [7, 11) is 0. The first kappa shape index (κ1) is 16.2. The second-order valence-electron chi connectivity index (χ2n) is 6.31. The molecule has 2 aromatic carbocycles. The highest BCUT2D eigenvalue weighted by atomic mass is 15.4. The lowest BCUT2D eigenvalue weighted by Gasteiger charge is -2.04. The predicted octanol–water partition coefficient (Wildman–Crippen LogP) is 4.17. The Bertz CT molecular complexity index is 962. The van der Waals surface area contributed by atoms with Gasteiger partial charge in [0.2, 0.25) is 0 Å². The third-order valence-corrected chi connectivity index (χ3v) is 4.34. The summed E-state index contributed by atoms with van der Waals surface area (Å²) in [5.74, 6) is 0. The van der Waals surface area contributed by atoms with Crippen LogP contribution in [-0.2, 0) is 19.4 Å². The van der Waals surface area contributed by atoms with Crippen LogP contribution in [0.3, 0.4) is 0 Å². The second kappa shape index (κ2) is 7.74. The van der Waals surface area contributed by atoms with Crippen LogP contribution in [0.5, 0.6) is 0 Å². The van der Waals surface area contributed by atoms with E-state index in [1.165, 1.54) is 11.1 Å². The fraction of sp³-hybridized carbons (Fsp3) is 0.136. The molecule has 4 heteroatoms. The fourth-order valence-electron chi connectivity index (χ4n) is 2.97. The maximum Gasteiger partial charge on any atom is 0.0830 e. The molecule has 0 aliphatic heterocycles. The first-order valence-electron chi connectivity index (χ1n) is 8.80. The van der Waals surface area contributed by atoms with E-state index in [0.29, 0.717) is 0 Å². The average molecular weight is 340 g/mol. The number of aromatic nitrogens is 4. The quantitative estimate of drug-likeness (QED) is 0.529. The molecule has 0 amide bonds. The molecular formula is C22H20N4. The lowest BCUT2D eigenvalue weighted by atomic mass is 10.1. The molecule has 0 saturated carbocycles. The molecular weight excluding hydrogens is 320 g/mol. The molecule has 0 fully saturated rings. The van der Waals surface area contributed by atoms with E-state index in [0.717, 1.165) is 36.3 Å². The van der Waals surface area contributed by atoms with Crippen LogP contribution >= 0.6 is 0 Å². The Morgan fingerprint density at radius 3 is 2.35 bits per heavy atom. The zero-order valence-electron chi connectivity index (χ0n) is 14.5. The van der Waals surface area contributed by atoms with Crippen molar-refractivity contribution >= 4 is 0 Å². The van der Waals surface area contributed by atoms with Crippen LogP contribution in [0.15, 0.2) is 85.2 Å². The molecule has 128 valence electrons. The van der Waals surface area contributed by atoms with E-state index in [1.54, 1.807) is 0 Å². The molecule has 0 atom stereocenters. The van der Waals surface area contributed by atoms with Crippen molar-refractivity contribution in [3.05, 3.63) is 102 Å². The maximum atomic E-state index is 4.48. The van der Waals surface area contributed by atoms with E-state index in [-0.39, 0.29) is 0 Å². The van der Waals surface area contributed by atoms with Gasteiger partial charge in [-0.25, -0.2) is 4.68 Å². The standard InChI is InChI=1S/C22H20N4/c1-3-7-19(8-4-1)16-26-17-21(24-25-26)12-11-18-13-14-23-22(15-18)20-9-5-2-6-10-20/h1-10,13-15,17H,11-12,16H2. The Kier molecular flexibility index (Phi) is 4.83. The Morgan fingerprint density at radius 1 is 0.769 bits per heavy atom. The molecule has 4 rings (SSSR count). The molecule has 0 bridgehead atoms. The van der Waals surface area contributed by atoms with Crippen LogP contribution in [-0.4, -0.2) is 20.0 Å². The summed E-state index contributed by atoms with van der Waals surface area (Å²) in [5, 5.41) is 8.55. The van der Waals surface area contributed by atoms with Crippen molar-refractivity contribution in [2.24, 2.45) is 0 Å². The fourth-order valence-corrected chi connectivity index (χ4v) is 2.97. The normalized spacial score (nSPS) is 10.8. The first-order valence-corrected chi connectivity index (χ1v) is 8.80. The molecule has 0 N–H and O–H groups in total. The lowest BCUT2D eigenvalue weighted by Crippen LogP contribution is -1.99. The SMILES string of the molecule is c1ccc(Cn2cc(CCc3ccnc(-c4ccccc4)c3)nn2)cc1. The van der Waals surface area contributed by atoms with Crippen LogP contribution in [0.1, 0.15) is 16.8 Å². The van der Waals surface area contributed by atoms with E-state index in [2.05, 4.69) is 51.7 Å². The minimum absolute atomic E-state index is 0.751. The van der Waals surface area contributed by atoms with E-state index >= 15 is 0 Å². The number of nitrogens with zero attached hydrogens (tertiary/aromatic N) is 4. The van der Waals surface area contributed by atoms with Gasteiger partial charge in [-0.2, -0.15) is 0 Å². The van der Waals surface area contributed by atoms with Gasteiger partial charge in [0.15, 0.2) is 0 Å². The maximum absolute atomic E-state index is 4.48. The number of benzene rings is 2. The highest BCUT2D eigenvalue weighted by molar-refractivity contribution is 5.59. The van der Waals surface area contributed by atoms with Crippen molar-refractivity contribution in [2.75, 3.05) is 0 Å². The van der Waals surface area contributed by atoms with Gasteiger partial charge in [-0.05, 0) is 36.1 Å². The van der Waals surface area contributed by atoms with Crippen molar-refractivity contribution in [3.8, 4) is 11.3 Å². The lowest BCUT2D eigenvalue weighted by molar-refractivity contribution is 0.649. The third kappa shape index (κ3) is 4.03. The van der Waals surface area contributed by atoms with Gasteiger partial charge in [-0.1, -0.05) is 65.9 Å². The molecule has 26 heavy (non-hydrogen) atoms. The van der Waals surface area contributed by atoms with Crippen molar-refractivity contribution in [3.63, 3.8) is 0 Å². The minimum Gasteiger partial charge on any atom is -0.256 e. The van der Waals surface area contributed by atoms with Crippen molar-refractivity contribution < 1.29 is 0 Å². The van der Waals surface area contributed by atoms with E-state index in [1.807, 2.05) is 53.5 Å². The number of pyridine rings is 1. The summed E-state index contributed by atoms with van der Waals surface area (Å²) in [6.45, 7) is 0.751. The van der Waals surface area contributed by atoms with Gasteiger partial charge >= 0.3 is 0 Å². The van der Waals surface area contributed by atoms with Crippen molar-refractivity contribution in [1.29, 1.82) is 0 Å². The second-order valence-corrected chi connectivity index (χ2v) is 6.31. The largest absolute Gasteiger partial charge is 0.256 e.